The number of carbonyl (C=O) groups excluding carboxylic acids is 2. The molecule has 0 aromatic heterocycles. The molecule has 1 rings (SSSR count). The summed E-state index contributed by atoms with van der Waals surface area (Å²) in [4.78, 5) is 23.0. The normalized spacial score (nSPS) is 10.3. The Morgan fingerprint density at radius 3 is 2.61 bits per heavy atom. The van der Waals surface area contributed by atoms with E-state index >= 15 is 0 Å². The molecule has 0 spiro atoms. The van der Waals surface area contributed by atoms with Crippen molar-refractivity contribution in [3.8, 4) is 0 Å². The highest BCUT2D eigenvalue weighted by Gasteiger charge is 2.17. The third kappa shape index (κ3) is 4.00. The number of rotatable bonds is 3. The van der Waals surface area contributed by atoms with Crippen molar-refractivity contribution in [2.24, 2.45) is 5.92 Å². The molecule has 0 fully saturated rings. The Kier molecular flexibility index (Phi) is 5.09. The maximum atomic E-state index is 13.4. The van der Waals surface area contributed by atoms with Gasteiger partial charge in [-0.1, -0.05) is 31.5 Å². The van der Waals surface area contributed by atoms with Crippen molar-refractivity contribution < 1.29 is 14.0 Å². The van der Waals surface area contributed by atoms with Crippen LogP contribution in [0.5, 0.6) is 0 Å². The van der Waals surface area contributed by atoms with Crippen molar-refractivity contribution in [2.45, 2.75) is 13.8 Å². The summed E-state index contributed by atoms with van der Waals surface area (Å²) < 4.78 is 13.4. The van der Waals surface area contributed by atoms with Gasteiger partial charge in [0, 0.05) is 6.54 Å². The first-order chi connectivity index (χ1) is 8.41. The Bertz CT molecular complexity index is 443. The van der Waals surface area contributed by atoms with E-state index in [0.29, 0.717) is 6.54 Å². The second kappa shape index (κ2) is 6.35. The van der Waals surface area contributed by atoms with Crippen LogP contribution in [0.15, 0.2) is 18.2 Å². The number of benzene rings is 1. The minimum atomic E-state index is -0.862. The Morgan fingerprint density at radius 1 is 1.39 bits per heavy atom. The van der Waals surface area contributed by atoms with Gasteiger partial charge in [0.2, 0.25) is 0 Å². The van der Waals surface area contributed by atoms with Gasteiger partial charge >= 0.3 is 6.03 Å². The first-order valence-corrected chi connectivity index (χ1v) is 5.82. The summed E-state index contributed by atoms with van der Waals surface area (Å²) >= 11 is 5.70. The van der Waals surface area contributed by atoms with E-state index < -0.39 is 17.8 Å². The molecule has 0 aliphatic heterocycles. The lowest BCUT2D eigenvalue weighted by Gasteiger charge is -2.09. The molecule has 0 aliphatic carbocycles. The minimum Gasteiger partial charge on any atom is -0.338 e. The summed E-state index contributed by atoms with van der Waals surface area (Å²) in [6.45, 7) is 4.25. The van der Waals surface area contributed by atoms with Gasteiger partial charge in [-0.2, -0.15) is 0 Å². The van der Waals surface area contributed by atoms with E-state index in [2.05, 4.69) is 5.32 Å². The molecule has 0 saturated heterocycles. The topological polar surface area (TPSA) is 58.2 Å². The van der Waals surface area contributed by atoms with E-state index in [9.17, 15) is 14.0 Å². The molecule has 0 aliphatic rings. The van der Waals surface area contributed by atoms with Crippen LogP contribution in [-0.2, 0) is 0 Å². The summed E-state index contributed by atoms with van der Waals surface area (Å²) in [5, 5.41) is 4.47. The number of urea groups is 1. The van der Waals surface area contributed by atoms with Crippen molar-refractivity contribution in [3.63, 3.8) is 0 Å². The van der Waals surface area contributed by atoms with Crippen LogP contribution in [0.25, 0.3) is 0 Å². The molecule has 0 heterocycles. The van der Waals surface area contributed by atoms with Crippen LogP contribution in [0.1, 0.15) is 24.2 Å². The zero-order valence-corrected chi connectivity index (χ0v) is 10.8. The number of hydrogen-bond acceptors (Lipinski definition) is 2. The van der Waals surface area contributed by atoms with Crippen LogP contribution in [-0.4, -0.2) is 18.5 Å². The lowest BCUT2D eigenvalue weighted by atomic mass is 10.2. The fourth-order valence-electron chi connectivity index (χ4n) is 1.22. The highest BCUT2D eigenvalue weighted by Crippen LogP contribution is 2.18. The molecule has 2 N–H and O–H groups in total. The molecule has 1 aromatic carbocycles. The molecule has 0 radical (unpaired) electrons. The Labute approximate surface area is 110 Å². The number of nitrogens with one attached hydrogen (secondary N) is 2. The number of hydrogen-bond donors (Lipinski definition) is 2. The molecule has 3 amide bonds. The van der Waals surface area contributed by atoms with Crippen LogP contribution in [0.4, 0.5) is 9.18 Å². The predicted molar refractivity (Wildman–Crippen MR) is 67.1 cm³/mol. The SMILES string of the molecule is CC(C)CNC(=O)NC(=O)c1c(F)cccc1Cl. The number of halogens is 2. The van der Waals surface area contributed by atoms with Gasteiger partial charge in [-0.25, -0.2) is 9.18 Å². The first-order valence-electron chi connectivity index (χ1n) is 5.45. The van der Waals surface area contributed by atoms with Gasteiger partial charge < -0.3 is 5.32 Å². The van der Waals surface area contributed by atoms with Gasteiger partial charge in [0.15, 0.2) is 0 Å². The van der Waals surface area contributed by atoms with E-state index in [4.69, 9.17) is 11.6 Å². The second-order valence-electron chi connectivity index (χ2n) is 4.15. The molecule has 6 heteroatoms. The van der Waals surface area contributed by atoms with Crippen molar-refractivity contribution >= 4 is 23.5 Å². The largest absolute Gasteiger partial charge is 0.338 e. The highest BCUT2D eigenvalue weighted by molar-refractivity contribution is 6.34. The average molecular weight is 273 g/mol. The molecule has 0 saturated carbocycles. The lowest BCUT2D eigenvalue weighted by Crippen LogP contribution is -2.41. The number of amides is 3. The molecule has 0 atom stereocenters. The average Bonchev–Trinajstić information content (AvgIpc) is 2.26. The van der Waals surface area contributed by atoms with Gasteiger partial charge in [0.1, 0.15) is 5.82 Å². The molecule has 0 bridgehead atoms. The molecular formula is C12H14ClFN2O2. The fraction of sp³-hybridized carbons (Fsp3) is 0.333. The maximum absolute atomic E-state index is 13.4. The van der Waals surface area contributed by atoms with Gasteiger partial charge in [-0.3, -0.25) is 10.1 Å². The van der Waals surface area contributed by atoms with Crippen LogP contribution in [0.2, 0.25) is 5.02 Å². The molecule has 18 heavy (non-hydrogen) atoms. The van der Waals surface area contributed by atoms with E-state index in [1.807, 2.05) is 19.2 Å². The summed E-state index contributed by atoms with van der Waals surface area (Å²) in [5.41, 5.74) is -0.334. The molecule has 0 unspecified atom stereocenters. The third-order valence-electron chi connectivity index (χ3n) is 2.09. The Hall–Kier alpha value is -1.62. The second-order valence-corrected chi connectivity index (χ2v) is 4.56. The Morgan fingerprint density at radius 2 is 2.06 bits per heavy atom. The zero-order valence-electron chi connectivity index (χ0n) is 10.1. The van der Waals surface area contributed by atoms with Crippen LogP contribution in [0, 0.1) is 11.7 Å². The monoisotopic (exact) mass is 272 g/mol. The number of imide groups is 1. The van der Waals surface area contributed by atoms with Crippen molar-refractivity contribution in [2.75, 3.05) is 6.54 Å². The smallest absolute Gasteiger partial charge is 0.321 e. The zero-order chi connectivity index (χ0) is 13.7. The lowest BCUT2D eigenvalue weighted by molar-refractivity contribution is 0.0960. The van der Waals surface area contributed by atoms with Crippen molar-refractivity contribution in [1.29, 1.82) is 0 Å². The van der Waals surface area contributed by atoms with Crippen molar-refractivity contribution in [1.82, 2.24) is 10.6 Å². The summed E-state index contributed by atoms with van der Waals surface area (Å²) in [5.74, 6) is -1.38. The first kappa shape index (κ1) is 14.4. The summed E-state index contributed by atoms with van der Waals surface area (Å²) in [6, 6.07) is 3.19. The van der Waals surface area contributed by atoms with E-state index in [1.165, 1.54) is 12.1 Å². The predicted octanol–water partition coefficient (Wildman–Crippen LogP) is 2.57. The van der Waals surface area contributed by atoms with Gasteiger partial charge in [0.05, 0.1) is 10.6 Å². The van der Waals surface area contributed by atoms with Crippen LogP contribution in [0.3, 0.4) is 0 Å². The molecular weight excluding hydrogens is 259 g/mol. The standard InChI is InChI=1S/C12H14ClFN2O2/c1-7(2)6-15-12(18)16-11(17)10-8(13)4-3-5-9(10)14/h3-5,7H,6H2,1-2H3,(H2,15,16,17,18). The van der Waals surface area contributed by atoms with Crippen LogP contribution < -0.4 is 10.6 Å². The molecule has 1 aromatic rings. The summed E-state index contributed by atoms with van der Waals surface area (Å²) in [6.07, 6.45) is 0. The van der Waals surface area contributed by atoms with Gasteiger partial charge in [-0.15, -0.1) is 0 Å². The van der Waals surface area contributed by atoms with E-state index in [1.54, 1.807) is 0 Å². The van der Waals surface area contributed by atoms with Crippen LogP contribution >= 0.6 is 11.6 Å². The fourth-order valence-corrected chi connectivity index (χ4v) is 1.47. The quantitative estimate of drug-likeness (QED) is 0.888. The van der Waals surface area contributed by atoms with E-state index in [-0.39, 0.29) is 16.5 Å². The van der Waals surface area contributed by atoms with E-state index in [0.717, 1.165) is 6.07 Å². The maximum Gasteiger partial charge on any atom is 0.321 e. The number of carbonyl (C=O) groups is 2. The minimum absolute atomic E-state index is 0.0378. The van der Waals surface area contributed by atoms with Gasteiger partial charge in [0.25, 0.3) is 5.91 Å². The van der Waals surface area contributed by atoms with Crippen molar-refractivity contribution in [3.05, 3.63) is 34.6 Å². The Balaban J connectivity index is 2.68. The highest BCUT2D eigenvalue weighted by atomic mass is 35.5. The van der Waals surface area contributed by atoms with Gasteiger partial charge in [-0.05, 0) is 18.1 Å². The summed E-state index contributed by atoms with van der Waals surface area (Å²) in [7, 11) is 0. The molecule has 4 nitrogen and oxygen atoms in total. The third-order valence-corrected chi connectivity index (χ3v) is 2.40. The molecule has 98 valence electrons.